The highest BCUT2D eigenvalue weighted by Gasteiger charge is 2.61. The minimum absolute atomic E-state index is 0.212. The zero-order valence-electron chi connectivity index (χ0n) is 13.6. The predicted octanol–water partition coefficient (Wildman–Crippen LogP) is 3.82. The number of benzene rings is 1. The molecule has 2 aliphatic rings. The van der Waals surface area contributed by atoms with Gasteiger partial charge in [-0.3, -0.25) is 0 Å². The Kier molecular flexibility index (Phi) is 3.69. The van der Waals surface area contributed by atoms with Gasteiger partial charge in [-0.25, -0.2) is 0 Å². The van der Waals surface area contributed by atoms with Crippen molar-refractivity contribution >= 4 is 13.2 Å². The monoisotopic (exact) mass is 308 g/mol. The van der Waals surface area contributed by atoms with Crippen molar-refractivity contribution in [2.45, 2.75) is 63.1 Å². The molecule has 116 valence electrons. The van der Waals surface area contributed by atoms with Crippen LogP contribution in [0.15, 0.2) is 30.3 Å². The van der Waals surface area contributed by atoms with Gasteiger partial charge >= 0.3 is 0 Å². The molecular weight excluding hydrogens is 283 g/mol. The molecule has 2 bridgehead atoms. The van der Waals surface area contributed by atoms with Crippen LogP contribution in [0.5, 0.6) is 0 Å². The minimum atomic E-state index is -0.616. The van der Waals surface area contributed by atoms with Crippen molar-refractivity contribution in [2.75, 3.05) is 7.11 Å². The SMILES string of the molecule is COC1(C)CC2(C)OC(C)CC(C)(O2)P1c1ccccc1. The molecule has 2 aliphatic heterocycles. The van der Waals surface area contributed by atoms with E-state index in [2.05, 4.69) is 58.0 Å². The summed E-state index contributed by atoms with van der Waals surface area (Å²) in [7, 11) is 1.20. The van der Waals surface area contributed by atoms with Crippen LogP contribution < -0.4 is 5.30 Å². The summed E-state index contributed by atoms with van der Waals surface area (Å²) in [6.07, 6.45) is 1.88. The van der Waals surface area contributed by atoms with Crippen LogP contribution >= 0.6 is 7.92 Å². The van der Waals surface area contributed by atoms with Crippen LogP contribution in [-0.2, 0) is 14.2 Å². The van der Waals surface area contributed by atoms with Gasteiger partial charge in [-0.1, -0.05) is 30.3 Å². The van der Waals surface area contributed by atoms with Gasteiger partial charge in [-0.15, -0.1) is 0 Å². The zero-order chi connectivity index (χ0) is 15.3. The third-order valence-electron chi connectivity index (χ3n) is 4.60. The van der Waals surface area contributed by atoms with Gasteiger partial charge in [-0.2, -0.15) is 0 Å². The largest absolute Gasteiger partial charge is 0.373 e. The van der Waals surface area contributed by atoms with Gasteiger partial charge < -0.3 is 14.2 Å². The molecule has 0 radical (unpaired) electrons. The summed E-state index contributed by atoms with van der Waals surface area (Å²) in [6, 6.07) is 10.7. The van der Waals surface area contributed by atoms with E-state index in [9.17, 15) is 0 Å². The predicted molar refractivity (Wildman–Crippen MR) is 86.1 cm³/mol. The molecule has 3 rings (SSSR count). The van der Waals surface area contributed by atoms with Crippen LogP contribution in [0.4, 0.5) is 0 Å². The van der Waals surface area contributed by atoms with Gasteiger partial charge in [0, 0.05) is 20.0 Å². The lowest BCUT2D eigenvalue weighted by molar-refractivity contribution is -0.333. The molecule has 5 unspecified atom stereocenters. The Bertz CT molecular complexity index is 522. The maximum absolute atomic E-state index is 6.46. The van der Waals surface area contributed by atoms with Gasteiger partial charge in [0.05, 0.1) is 16.8 Å². The average molecular weight is 308 g/mol. The van der Waals surface area contributed by atoms with Crippen molar-refractivity contribution in [1.82, 2.24) is 0 Å². The Morgan fingerprint density at radius 1 is 1.19 bits per heavy atom. The third kappa shape index (κ3) is 2.55. The van der Waals surface area contributed by atoms with E-state index in [4.69, 9.17) is 14.2 Å². The molecule has 0 saturated carbocycles. The first-order valence-electron chi connectivity index (χ1n) is 7.59. The van der Waals surface area contributed by atoms with E-state index in [1.165, 1.54) is 5.30 Å². The van der Waals surface area contributed by atoms with Gasteiger partial charge in [-0.05, 0) is 40.9 Å². The Morgan fingerprint density at radius 2 is 1.86 bits per heavy atom. The fourth-order valence-electron chi connectivity index (χ4n) is 4.21. The number of hydrogen-bond acceptors (Lipinski definition) is 3. The normalized spacial score (nSPS) is 46.3. The smallest absolute Gasteiger partial charge is 0.170 e. The number of methoxy groups -OCH3 is 1. The highest BCUT2D eigenvalue weighted by Crippen LogP contribution is 2.69. The summed E-state index contributed by atoms with van der Waals surface area (Å²) in [5.74, 6) is -0.551. The maximum atomic E-state index is 6.46. The van der Waals surface area contributed by atoms with Crippen LogP contribution in [0, 0.1) is 0 Å². The summed E-state index contributed by atoms with van der Waals surface area (Å²) in [5, 5.41) is 0.889. The Labute approximate surface area is 128 Å². The molecule has 21 heavy (non-hydrogen) atoms. The first-order chi connectivity index (χ1) is 9.80. The van der Waals surface area contributed by atoms with Gasteiger partial charge in [0.25, 0.3) is 0 Å². The lowest BCUT2D eigenvalue weighted by Crippen LogP contribution is -2.61. The van der Waals surface area contributed by atoms with E-state index in [0.717, 1.165) is 12.8 Å². The third-order valence-corrected chi connectivity index (χ3v) is 7.92. The molecule has 0 spiro atoms. The van der Waals surface area contributed by atoms with E-state index in [1.807, 2.05) is 7.11 Å². The first kappa shape index (κ1) is 15.4. The van der Waals surface area contributed by atoms with E-state index in [-0.39, 0.29) is 16.8 Å². The fraction of sp³-hybridized carbons (Fsp3) is 0.647. The van der Waals surface area contributed by atoms with E-state index >= 15 is 0 Å². The van der Waals surface area contributed by atoms with Crippen molar-refractivity contribution < 1.29 is 14.2 Å². The second-order valence-electron chi connectivity index (χ2n) is 6.77. The van der Waals surface area contributed by atoms with Crippen LogP contribution in [0.3, 0.4) is 0 Å². The molecule has 4 heteroatoms. The van der Waals surface area contributed by atoms with Crippen molar-refractivity contribution in [1.29, 1.82) is 0 Å². The van der Waals surface area contributed by atoms with Crippen LogP contribution in [0.25, 0.3) is 0 Å². The number of rotatable bonds is 2. The molecule has 0 aromatic heterocycles. The van der Waals surface area contributed by atoms with Crippen molar-refractivity contribution in [2.24, 2.45) is 0 Å². The van der Waals surface area contributed by atoms with Gasteiger partial charge in [0.15, 0.2) is 5.79 Å². The van der Waals surface area contributed by atoms with Gasteiger partial charge in [0.1, 0.15) is 0 Å². The molecule has 0 aliphatic carbocycles. The molecule has 2 heterocycles. The molecule has 2 fully saturated rings. The molecule has 0 N–H and O–H groups in total. The van der Waals surface area contributed by atoms with Crippen LogP contribution in [0.1, 0.15) is 40.5 Å². The Balaban J connectivity index is 2.10. The number of hydrogen-bond donors (Lipinski definition) is 0. The molecule has 3 nitrogen and oxygen atoms in total. The minimum Gasteiger partial charge on any atom is -0.373 e. The Hall–Kier alpha value is -0.470. The Morgan fingerprint density at radius 3 is 2.48 bits per heavy atom. The zero-order valence-corrected chi connectivity index (χ0v) is 14.4. The summed E-state index contributed by atoms with van der Waals surface area (Å²) in [6.45, 7) is 8.65. The average Bonchev–Trinajstić information content (AvgIpc) is 2.36. The van der Waals surface area contributed by atoms with Crippen LogP contribution in [0.2, 0.25) is 0 Å². The number of fused-ring (bicyclic) bond motifs is 2. The summed E-state index contributed by atoms with van der Waals surface area (Å²) in [5.41, 5.74) is 0. The lowest BCUT2D eigenvalue weighted by atomic mass is 10.0. The molecule has 5 atom stereocenters. The summed E-state index contributed by atoms with van der Waals surface area (Å²) in [4.78, 5) is 0. The lowest BCUT2D eigenvalue weighted by Gasteiger charge is -2.61. The van der Waals surface area contributed by atoms with Crippen molar-refractivity contribution in [3.8, 4) is 0 Å². The van der Waals surface area contributed by atoms with E-state index in [0.29, 0.717) is 0 Å². The van der Waals surface area contributed by atoms with E-state index < -0.39 is 13.7 Å². The molecule has 2 saturated heterocycles. The molecule has 1 aromatic carbocycles. The summed E-state index contributed by atoms with van der Waals surface area (Å²) < 4.78 is 18.6. The summed E-state index contributed by atoms with van der Waals surface area (Å²) >= 11 is 0. The second-order valence-corrected chi connectivity index (χ2v) is 9.85. The standard InChI is InChI=1S/C17H25O3P/c1-13-11-16(3)20-15(2,19-13)12-17(4,18-5)21(16)14-9-7-6-8-10-14/h6-10,13H,11-12H2,1-5H3. The van der Waals surface area contributed by atoms with E-state index in [1.54, 1.807) is 0 Å². The van der Waals surface area contributed by atoms with Crippen LogP contribution in [-0.4, -0.2) is 29.7 Å². The molecule has 0 amide bonds. The number of ether oxygens (including phenoxy) is 3. The molecular formula is C17H25O3P. The second kappa shape index (κ2) is 5.03. The van der Waals surface area contributed by atoms with Crippen molar-refractivity contribution in [3.05, 3.63) is 30.3 Å². The highest BCUT2D eigenvalue weighted by molar-refractivity contribution is 7.68. The quantitative estimate of drug-likeness (QED) is 0.777. The first-order valence-corrected chi connectivity index (χ1v) is 8.93. The maximum Gasteiger partial charge on any atom is 0.170 e. The highest BCUT2D eigenvalue weighted by atomic mass is 31.1. The van der Waals surface area contributed by atoms with Crippen molar-refractivity contribution in [3.63, 3.8) is 0 Å². The topological polar surface area (TPSA) is 27.7 Å². The van der Waals surface area contributed by atoms with Gasteiger partial charge in [0.2, 0.25) is 0 Å². The fourth-order valence-corrected chi connectivity index (χ4v) is 8.12. The molecule has 1 aromatic rings.